The van der Waals surface area contributed by atoms with E-state index in [4.69, 9.17) is 26.8 Å². The summed E-state index contributed by atoms with van der Waals surface area (Å²) in [6.07, 6.45) is -2.66. The number of amides is 1. The fourth-order valence-electron chi connectivity index (χ4n) is 0.655. The van der Waals surface area contributed by atoms with Gasteiger partial charge in [-0.2, -0.15) is 0 Å². The third-order valence-corrected chi connectivity index (χ3v) is 1.49. The van der Waals surface area contributed by atoms with Crippen LogP contribution in [-0.2, 0) is 4.79 Å². The smallest absolute Gasteiger partial charge is 0.234 e. The lowest BCUT2D eigenvalue weighted by Crippen LogP contribution is -2.42. The van der Waals surface area contributed by atoms with Gasteiger partial charge in [-0.15, -0.1) is 0 Å². The summed E-state index contributed by atoms with van der Waals surface area (Å²) >= 11 is 0. The van der Waals surface area contributed by atoms with Gasteiger partial charge in [0, 0.05) is 0 Å². The first-order valence-corrected chi connectivity index (χ1v) is 3.51. The Morgan fingerprint density at radius 1 is 1.33 bits per heavy atom. The van der Waals surface area contributed by atoms with Gasteiger partial charge in [0.05, 0.1) is 18.8 Å². The zero-order valence-corrected chi connectivity index (χ0v) is 6.55. The number of rotatable bonds is 5. The highest BCUT2D eigenvalue weighted by Crippen LogP contribution is 2.00. The number of primary amides is 1. The molecule has 0 spiro atoms. The highest BCUT2D eigenvalue weighted by atomic mass is 16.4. The number of nitrogens with two attached hydrogens (primary N) is 2. The first-order chi connectivity index (χ1) is 5.49. The SMILES string of the molecule is NC(=O)[C@H](N)C[C@@H](O)[C@H](O)CO. The predicted octanol–water partition coefficient (Wildman–Crippen LogP) is -3.10. The van der Waals surface area contributed by atoms with Crippen molar-refractivity contribution in [2.24, 2.45) is 11.5 Å². The Hall–Kier alpha value is -0.690. The fourth-order valence-corrected chi connectivity index (χ4v) is 0.655. The van der Waals surface area contributed by atoms with Crippen molar-refractivity contribution < 1.29 is 20.1 Å². The molecule has 0 heterocycles. The maximum atomic E-state index is 10.4. The molecule has 1 amide bonds. The van der Waals surface area contributed by atoms with Crippen molar-refractivity contribution in [3.63, 3.8) is 0 Å². The molecule has 0 aliphatic rings. The van der Waals surface area contributed by atoms with Gasteiger partial charge in [-0.1, -0.05) is 0 Å². The van der Waals surface area contributed by atoms with Crippen LogP contribution in [0.15, 0.2) is 0 Å². The predicted molar refractivity (Wildman–Crippen MR) is 40.9 cm³/mol. The molecular formula is C6H14N2O4. The number of carbonyl (C=O) groups is 1. The summed E-state index contributed by atoms with van der Waals surface area (Å²) in [6.45, 7) is -0.577. The summed E-state index contributed by atoms with van der Waals surface area (Å²) in [5.74, 6) is -0.751. The quantitative estimate of drug-likeness (QED) is 0.304. The number of aliphatic hydroxyl groups excluding tert-OH is 3. The molecule has 72 valence electrons. The molecule has 0 radical (unpaired) electrons. The standard InChI is InChI=1S/C6H14N2O4/c7-3(6(8)12)1-4(10)5(11)2-9/h3-5,9-11H,1-2,7H2,(H2,8,12)/t3-,4-,5-/m1/s1. The van der Waals surface area contributed by atoms with Crippen LogP contribution in [0.5, 0.6) is 0 Å². The van der Waals surface area contributed by atoms with Gasteiger partial charge in [-0.3, -0.25) is 4.79 Å². The molecule has 0 aliphatic heterocycles. The van der Waals surface area contributed by atoms with E-state index in [-0.39, 0.29) is 6.42 Å². The molecule has 0 aliphatic carbocycles. The lowest BCUT2D eigenvalue weighted by molar-refractivity contribution is -0.120. The van der Waals surface area contributed by atoms with Crippen LogP contribution in [0.25, 0.3) is 0 Å². The Bertz CT molecular complexity index is 152. The Morgan fingerprint density at radius 2 is 1.83 bits per heavy atom. The summed E-state index contributed by atoms with van der Waals surface area (Å²) in [6, 6.07) is -0.999. The molecule has 6 nitrogen and oxygen atoms in total. The number of aliphatic hydroxyl groups is 3. The number of carbonyl (C=O) groups excluding carboxylic acids is 1. The Balaban J connectivity index is 3.83. The van der Waals surface area contributed by atoms with Gasteiger partial charge in [0.25, 0.3) is 0 Å². The second-order valence-electron chi connectivity index (χ2n) is 2.56. The average molecular weight is 178 g/mol. The van der Waals surface area contributed by atoms with E-state index in [9.17, 15) is 4.79 Å². The third kappa shape index (κ3) is 3.63. The normalized spacial score (nSPS) is 18.3. The maximum Gasteiger partial charge on any atom is 0.234 e. The van der Waals surface area contributed by atoms with Crippen LogP contribution >= 0.6 is 0 Å². The van der Waals surface area contributed by atoms with Gasteiger partial charge >= 0.3 is 0 Å². The van der Waals surface area contributed by atoms with Crippen LogP contribution in [0.4, 0.5) is 0 Å². The van der Waals surface area contributed by atoms with E-state index in [0.29, 0.717) is 0 Å². The third-order valence-electron chi connectivity index (χ3n) is 1.49. The van der Waals surface area contributed by atoms with E-state index in [1.54, 1.807) is 0 Å². The molecule has 0 bridgehead atoms. The van der Waals surface area contributed by atoms with Crippen LogP contribution in [0, 0.1) is 0 Å². The van der Waals surface area contributed by atoms with Gasteiger partial charge in [0.1, 0.15) is 6.10 Å². The summed E-state index contributed by atoms with van der Waals surface area (Å²) in [5.41, 5.74) is 9.99. The molecule has 0 aromatic heterocycles. The largest absolute Gasteiger partial charge is 0.394 e. The topological polar surface area (TPSA) is 130 Å². The van der Waals surface area contributed by atoms with Crippen LogP contribution in [0.1, 0.15) is 6.42 Å². The molecule has 6 heteroatoms. The second-order valence-corrected chi connectivity index (χ2v) is 2.56. The lowest BCUT2D eigenvalue weighted by Gasteiger charge is -2.17. The summed E-state index contributed by atoms with van der Waals surface area (Å²) in [4.78, 5) is 10.4. The van der Waals surface area contributed by atoms with E-state index < -0.39 is 30.8 Å². The van der Waals surface area contributed by atoms with Crippen LogP contribution in [0.2, 0.25) is 0 Å². The minimum absolute atomic E-state index is 0.156. The fraction of sp³-hybridized carbons (Fsp3) is 0.833. The van der Waals surface area contributed by atoms with Crippen LogP contribution in [0.3, 0.4) is 0 Å². The zero-order chi connectivity index (χ0) is 9.72. The maximum absolute atomic E-state index is 10.4. The Morgan fingerprint density at radius 3 is 2.17 bits per heavy atom. The van der Waals surface area contributed by atoms with Crippen molar-refractivity contribution in [2.75, 3.05) is 6.61 Å². The molecule has 0 saturated carbocycles. The second kappa shape index (κ2) is 5.04. The van der Waals surface area contributed by atoms with E-state index in [0.717, 1.165) is 0 Å². The van der Waals surface area contributed by atoms with Crippen LogP contribution < -0.4 is 11.5 Å². The molecule has 7 N–H and O–H groups in total. The highest BCUT2D eigenvalue weighted by Gasteiger charge is 2.20. The molecule has 0 aromatic carbocycles. The molecule has 12 heavy (non-hydrogen) atoms. The van der Waals surface area contributed by atoms with Crippen LogP contribution in [-0.4, -0.2) is 46.1 Å². The van der Waals surface area contributed by atoms with Crippen molar-refractivity contribution >= 4 is 5.91 Å². The van der Waals surface area contributed by atoms with Gasteiger partial charge in [-0.05, 0) is 6.42 Å². The van der Waals surface area contributed by atoms with Crippen molar-refractivity contribution in [3.8, 4) is 0 Å². The van der Waals surface area contributed by atoms with E-state index in [1.165, 1.54) is 0 Å². The van der Waals surface area contributed by atoms with Crippen molar-refractivity contribution in [1.82, 2.24) is 0 Å². The van der Waals surface area contributed by atoms with Crippen molar-refractivity contribution in [3.05, 3.63) is 0 Å². The van der Waals surface area contributed by atoms with E-state index in [1.807, 2.05) is 0 Å². The molecule has 3 atom stereocenters. The molecular weight excluding hydrogens is 164 g/mol. The minimum Gasteiger partial charge on any atom is -0.394 e. The van der Waals surface area contributed by atoms with Crippen molar-refractivity contribution in [2.45, 2.75) is 24.7 Å². The van der Waals surface area contributed by atoms with E-state index >= 15 is 0 Å². The van der Waals surface area contributed by atoms with Crippen molar-refractivity contribution in [1.29, 1.82) is 0 Å². The zero-order valence-electron chi connectivity index (χ0n) is 6.55. The van der Waals surface area contributed by atoms with Gasteiger partial charge in [0.15, 0.2) is 0 Å². The Kier molecular flexibility index (Phi) is 4.75. The van der Waals surface area contributed by atoms with Gasteiger partial charge < -0.3 is 26.8 Å². The molecule has 0 fully saturated rings. The molecule has 0 aromatic rings. The lowest BCUT2D eigenvalue weighted by atomic mass is 10.1. The number of hydrogen-bond acceptors (Lipinski definition) is 5. The summed E-state index contributed by atoms with van der Waals surface area (Å²) in [5, 5.41) is 26.3. The molecule has 0 rings (SSSR count). The molecule has 0 unspecified atom stereocenters. The Labute approximate surface area is 69.8 Å². The minimum atomic E-state index is -1.28. The summed E-state index contributed by atoms with van der Waals surface area (Å²) < 4.78 is 0. The van der Waals surface area contributed by atoms with Gasteiger partial charge in [-0.25, -0.2) is 0 Å². The first kappa shape index (κ1) is 11.3. The first-order valence-electron chi connectivity index (χ1n) is 3.51. The summed E-state index contributed by atoms with van der Waals surface area (Å²) in [7, 11) is 0. The average Bonchev–Trinajstić information content (AvgIpc) is 2.02. The monoisotopic (exact) mass is 178 g/mol. The highest BCUT2D eigenvalue weighted by molar-refractivity contribution is 5.79. The van der Waals surface area contributed by atoms with Gasteiger partial charge in [0.2, 0.25) is 5.91 Å². The molecule has 0 saturated heterocycles. The number of hydrogen-bond donors (Lipinski definition) is 5. The van der Waals surface area contributed by atoms with E-state index in [2.05, 4.69) is 0 Å².